The molecule has 3 aliphatic rings. The lowest BCUT2D eigenvalue weighted by Crippen LogP contribution is -2.38. The minimum Gasteiger partial charge on any atom is -0.493 e. The number of amidine groups is 1. The van der Waals surface area contributed by atoms with E-state index in [-0.39, 0.29) is 52.2 Å². The van der Waals surface area contributed by atoms with Gasteiger partial charge in [0.15, 0.2) is 5.84 Å². The average Bonchev–Trinajstić information content (AvgIpc) is 3.87. The van der Waals surface area contributed by atoms with Crippen LogP contribution in [0.1, 0.15) is 63.3 Å². The second-order valence-corrected chi connectivity index (χ2v) is 16.9. The average molecular weight is 785 g/mol. The zero-order valence-electron chi connectivity index (χ0n) is 32.2. The number of nitrogens with zero attached hydrogens (tertiary/aromatic N) is 4. The zero-order valence-corrected chi connectivity index (χ0v) is 33.0. The van der Waals surface area contributed by atoms with E-state index in [1.54, 1.807) is 23.1 Å². The summed E-state index contributed by atoms with van der Waals surface area (Å²) in [6.45, 7) is 15.1. The van der Waals surface area contributed by atoms with Gasteiger partial charge < -0.3 is 19.7 Å². The fourth-order valence-electron chi connectivity index (χ4n) is 8.28. The van der Waals surface area contributed by atoms with Crippen molar-refractivity contribution in [2.75, 3.05) is 22.4 Å². The van der Waals surface area contributed by atoms with E-state index < -0.39 is 21.9 Å². The van der Waals surface area contributed by atoms with Crippen LogP contribution >= 0.6 is 0 Å². The van der Waals surface area contributed by atoms with Gasteiger partial charge in [-0.3, -0.25) is 9.52 Å². The molecule has 1 saturated carbocycles. The molecule has 1 amide bonds. The maximum Gasteiger partial charge on any atom is 0.343 e. The second kappa shape index (κ2) is 16.1. The van der Waals surface area contributed by atoms with Gasteiger partial charge in [-0.25, -0.2) is 23.0 Å². The molecule has 1 saturated heterocycles. The number of benzene rings is 3. The topological polar surface area (TPSA) is 158 Å². The molecular weight excluding hydrogens is 741 g/mol. The van der Waals surface area contributed by atoms with Crippen LogP contribution in [0.2, 0.25) is 0 Å². The summed E-state index contributed by atoms with van der Waals surface area (Å²) in [5.74, 6) is -0.294. The number of aliphatic imine (C=N–C) groups is 2. The highest BCUT2D eigenvalue weighted by Gasteiger charge is 2.39. The number of hydrogen-bond donors (Lipinski definition) is 3. The number of amides is 1. The van der Waals surface area contributed by atoms with Gasteiger partial charge in [0.05, 0.1) is 18.5 Å². The Kier molecular flexibility index (Phi) is 11.0. The predicted octanol–water partition coefficient (Wildman–Crippen LogP) is 8.56. The van der Waals surface area contributed by atoms with Crippen LogP contribution in [0.5, 0.6) is 0 Å². The van der Waals surface area contributed by atoms with Gasteiger partial charge in [0.1, 0.15) is 17.5 Å². The number of aliphatic hydroxyl groups is 1. The Morgan fingerprint density at radius 2 is 1.68 bits per heavy atom. The number of hydrogen-bond acceptors (Lipinski definition) is 7. The van der Waals surface area contributed by atoms with E-state index in [1.807, 2.05) is 60.7 Å². The van der Waals surface area contributed by atoms with Crippen LogP contribution < -0.4 is 9.62 Å². The van der Waals surface area contributed by atoms with Gasteiger partial charge >= 0.3 is 5.97 Å². The van der Waals surface area contributed by atoms with Gasteiger partial charge in [0.25, 0.3) is 0 Å². The molecule has 1 aliphatic carbocycles. The number of carbonyl (C=O) groups is 2. The first-order valence-corrected chi connectivity index (χ1v) is 20.9. The molecule has 0 spiro atoms. The quantitative estimate of drug-likeness (QED) is 0.0668. The summed E-state index contributed by atoms with van der Waals surface area (Å²) in [7, 11) is -3.61. The first-order chi connectivity index (χ1) is 27.3. The van der Waals surface area contributed by atoms with Gasteiger partial charge in [-0.15, -0.1) is 0 Å². The lowest BCUT2D eigenvalue weighted by atomic mass is 9.75. The highest BCUT2D eigenvalue weighted by Crippen LogP contribution is 2.46. The first kappa shape index (κ1) is 39.0. The van der Waals surface area contributed by atoms with Crippen LogP contribution in [0.15, 0.2) is 106 Å². The summed E-state index contributed by atoms with van der Waals surface area (Å²) in [5.41, 5.74) is 3.84. The van der Waals surface area contributed by atoms with E-state index in [0.717, 1.165) is 24.7 Å². The molecule has 292 valence electrons. The third-order valence-corrected chi connectivity index (χ3v) is 11.2. The Bertz CT molecular complexity index is 2490. The molecule has 2 aliphatic heterocycles. The molecule has 3 N–H and O–H groups in total. The van der Waals surface area contributed by atoms with Crippen molar-refractivity contribution in [3.05, 3.63) is 124 Å². The number of rotatable bonds is 9. The third kappa shape index (κ3) is 8.32. The van der Waals surface area contributed by atoms with Crippen molar-refractivity contribution in [3.8, 4) is 11.1 Å². The molecule has 2 fully saturated rings. The number of aromatic nitrogens is 1. The van der Waals surface area contributed by atoms with E-state index >= 15 is 0 Å². The monoisotopic (exact) mass is 784 g/mol. The van der Waals surface area contributed by atoms with Crippen LogP contribution in [0.25, 0.3) is 27.6 Å². The molecule has 1 aromatic heterocycles. The summed E-state index contributed by atoms with van der Waals surface area (Å²) in [4.78, 5) is 46.0. The van der Waals surface area contributed by atoms with E-state index in [9.17, 15) is 23.1 Å². The fraction of sp³-hybridized carbons (Fsp3) is 0.295. The predicted molar refractivity (Wildman–Crippen MR) is 224 cm³/mol. The highest BCUT2D eigenvalue weighted by atomic mass is 32.2. The number of aromatic amines is 1. The molecule has 57 heavy (non-hydrogen) atoms. The Labute approximate surface area is 332 Å². The standard InChI is InChI=1S/C44H44N6O6S/c1-26-22-27(2)40(28(3)23-26)56-44(53)38-36(29-14-8-6-9-15-29)33(46-41(38)48-43(52)31-18-12-19-32(24-31)49-57(5,54)55)25-34-37(30-16-10-7-11-17-30)39(45-4)42(47-34)50-21-13-20-35(50)51/h6-12,14-19,24-28,40,47,49H,13,20-23H2,1-3,5H3,(H,46,48,52). The lowest BCUT2D eigenvalue weighted by Gasteiger charge is -2.37. The van der Waals surface area contributed by atoms with Crippen molar-refractivity contribution in [1.29, 1.82) is 0 Å². The van der Waals surface area contributed by atoms with E-state index in [1.165, 1.54) is 12.1 Å². The van der Waals surface area contributed by atoms with Crippen LogP contribution in [-0.2, 0) is 24.3 Å². The van der Waals surface area contributed by atoms with Gasteiger partial charge in [-0.2, -0.15) is 4.99 Å². The fourth-order valence-corrected chi connectivity index (χ4v) is 8.83. The number of anilines is 2. The van der Waals surface area contributed by atoms with Gasteiger partial charge in [0, 0.05) is 41.0 Å². The normalized spacial score (nSPS) is 22.1. The minimum absolute atomic E-state index is 0.0376. The number of ether oxygens (including phenoxy) is 1. The third-order valence-electron chi connectivity index (χ3n) is 10.6. The molecule has 2 atom stereocenters. The van der Waals surface area contributed by atoms with Crippen molar-refractivity contribution in [1.82, 2.24) is 4.98 Å². The first-order valence-electron chi connectivity index (χ1n) is 19.0. The van der Waals surface area contributed by atoms with Crippen molar-refractivity contribution in [2.24, 2.45) is 27.7 Å². The highest BCUT2D eigenvalue weighted by molar-refractivity contribution is 7.92. The van der Waals surface area contributed by atoms with Crippen molar-refractivity contribution >= 4 is 62.5 Å². The smallest absolute Gasteiger partial charge is 0.343 e. The number of aliphatic hydroxyl groups excluding tert-OH is 1. The molecule has 3 aromatic carbocycles. The molecule has 12 nitrogen and oxygen atoms in total. The lowest BCUT2D eigenvalue weighted by molar-refractivity contribution is -0.152. The molecule has 4 aromatic rings. The Balaban J connectivity index is 1.45. The number of H-pyrrole nitrogens is 1. The molecule has 3 heterocycles. The second-order valence-electron chi connectivity index (χ2n) is 15.1. The summed E-state index contributed by atoms with van der Waals surface area (Å²) >= 11 is 0. The summed E-state index contributed by atoms with van der Waals surface area (Å²) < 4.78 is 32.8. The number of carbonyl (C=O) groups excluding carboxylic acids is 2. The van der Waals surface area contributed by atoms with Gasteiger partial charge in [0.2, 0.25) is 27.5 Å². The Hall–Kier alpha value is -6.26. The molecule has 13 heteroatoms. The van der Waals surface area contributed by atoms with Crippen LogP contribution in [-0.4, -0.2) is 61.0 Å². The minimum atomic E-state index is -3.61. The number of esters is 1. The Morgan fingerprint density at radius 1 is 1.02 bits per heavy atom. The van der Waals surface area contributed by atoms with Crippen LogP contribution in [0.3, 0.4) is 0 Å². The van der Waals surface area contributed by atoms with Gasteiger partial charge in [-0.05, 0) is 72.4 Å². The summed E-state index contributed by atoms with van der Waals surface area (Å²) in [6, 6.07) is 24.7. The molecule has 0 radical (unpaired) electrons. The van der Waals surface area contributed by atoms with E-state index in [2.05, 4.69) is 40.3 Å². The van der Waals surface area contributed by atoms with Crippen molar-refractivity contribution in [2.45, 2.75) is 52.6 Å². The van der Waals surface area contributed by atoms with Crippen molar-refractivity contribution in [3.63, 3.8) is 0 Å². The largest absolute Gasteiger partial charge is 0.493 e. The van der Waals surface area contributed by atoms with Gasteiger partial charge in [-0.1, -0.05) is 87.5 Å². The molecule has 2 unspecified atom stereocenters. The SMILES string of the molecule is [C-]#[N+]c1c(N2CCCC2=O)[nH]c(C=C2N=C(N=C(O)c3cccc(NS(C)(=O)=O)c3)C(C(=O)OC3C(C)CC(C)CC3C)=C2c2ccccc2)c1-c1ccccc1. The van der Waals surface area contributed by atoms with Crippen molar-refractivity contribution < 1.29 is 27.9 Å². The van der Waals surface area contributed by atoms with E-state index in [0.29, 0.717) is 59.2 Å². The molecular formula is C44H44N6O6S. The molecule has 7 rings (SSSR count). The summed E-state index contributed by atoms with van der Waals surface area (Å²) in [6.07, 6.45) is 5.22. The molecule has 0 bridgehead atoms. The van der Waals surface area contributed by atoms with Crippen LogP contribution in [0.4, 0.5) is 17.2 Å². The maximum absolute atomic E-state index is 14.7. The number of nitrogens with one attached hydrogen (secondary N) is 2. The number of allylic oxidation sites excluding steroid dienone is 1. The van der Waals surface area contributed by atoms with Crippen LogP contribution in [0, 0.1) is 24.3 Å². The number of sulfonamides is 1. The Morgan fingerprint density at radius 3 is 2.30 bits per heavy atom. The van der Waals surface area contributed by atoms with E-state index in [4.69, 9.17) is 16.3 Å². The maximum atomic E-state index is 14.7. The zero-order chi connectivity index (χ0) is 40.4. The summed E-state index contributed by atoms with van der Waals surface area (Å²) in [5, 5.41) is 11.5.